The van der Waals surface area contributed by atoms with Gasteiger partial charge in [-0.2, -0.15) is 0 Å². The minimum absolute atomic E-state index is 0.168. The van der Waals surface area contributed by atoms with Crippen molar-refractivity contribution < 1.29 is 9.59 Å². The van der Waals surface area contributed by atoms with Gasteiger partial charge in [0.25, 0.3) is 0 Å². The van der Waals surface area contributed by atoms with E-state index in [9.17, 15) is 9.59 Å². The summed E-state index contributed by atoms with van der Waals surface area (Å²) >= 11 is 7.41. The van der Waals surface area contributed by atoms with Gasteiger partial charge in [-0.3, -0.25) is 9.59 Å². The fourth-order valence-electron chi connectivity index (χ4n) is 1.59. The molecule has 0 saturated carbocycles. The fourth-order valence-corrected chi connectivity index (χ4v) is 1.98. The molecule has 104 valence electrons. The van der Waals surface area contributed by atoms with E-state index in [1.165, 1.54) is 0 Å². The van der Waals surface area contributed by atoms with Crippen molar-refractivity contribution in [3.63, 3.8) is 0 Å². The Morgan fingerprint density at radius 3 is 1.90 bits per heavy atom. The molecule has 0 amide bonds. The molecular formula is C16H16O2S2. The van der Waals surface area contributed by atoms with Gasteiger partial charge in [0.1, 0.15) is 0 Å². The van der Waals surface area contributed by atoms with Gasteiger partial charge in [0.05, 0.1) is 0 Å². The summed E-state index contributed by atoms with van der Waals surface area (Å²) in [5.41, 5.74) is 3.40. The van der Waals surface area contributed by atoms with E-state index in [0.29, 0.717) is 11.1 Å². The minimum atomic E-state index is -0.177. The average molecular weight is 304 g/mol. The zero-order valence-corrected chi connectivity index (χ0v) is 13.1. The molecule has 2 rings (SSSR count). The maximum atomic E-state index is 10.7. The Bertz CT molecular complexity index is 621. The van der Waals surface area contributed by atoms with Gasteiger partial charge in [-0.15, -0.1) is 25.3 Å². The highest BCUT2D eigenvalue weighted by Gasteiger charge is 2.00. The first kappa shape index (κ1) is 16.5. The first-order valence-electron chi connectivity index (χ1n) is 6.00. The van der Waals surface area contributed by atoms with Crippen LogP contribution >= 0.6 is 25.3 Å². The Hall–Kier alpha value is -1.52. The van der Waals surface area contributed by atoms with E-state index in [1.54, 1.807) is 12.1 Å². The largest absolute Gasteiger partial charge is 0.282 e. The van der Waals surface area contributed by atoms with E-state index < -0.39 is 0 Å². The molecular weight excluding hydrogens is 288 g/mol. The third kappa shape index (κ3) is 5.23. The molecule has 0 atom stereocenters. The quantitative estimate of drug-likeness (QED) is 0.818. The topological polar surface area (TPSA) is 34.1 Å². The van der Waals surface area contributed by atoms with Crippen molar-refractivity contribution in [2.24, 2.45) is 0 Å². The number of hydrogen-bond acceptors (Lipinski definition) is 2. The maximum Gasteiger partial charge on any atom is 0.216 e. The van der Waals surface area contributed by atoms with Crippen LogP contribution in [0.4, 0.5) is 0 Å². The van der Waals surface area contributed by atoms with Crippen molar-refractivity contribution in [2.45, 2.75) is 13.8 Å². The summed E-state index contributed by atoms with van der Waals surface area (Å²) in [6.45, 7) is 3.84. The molecule has 2 aromatic carbocycles. The van der Waals surface area contributed by atoms with Crippen molar-refractivity contribution in [1.82, 2.24) is 0 Å². The summed E-state index contributed by atoms with van der Waals surface area (Å²) in [4.78, 5) is 21.4. The zero-order valence-electron chi connectivity index (χ0n) is 11.3. The van der Waals surface area contributed by atoms with E-state index in [0.717, 1.165) is 11.1 Å². The molecule has 0 fully saturated rings. The highest BCUT2D eigenvalue weighted by molar-refractivity contribution is 7.97. The van der Waals surface area contributed by atoms with E-state index >= 15 is 0 Å². The van der Waals surface area contributed by atoms with Crippen molar-refractivity contribution in [3.8, 4) is 0 Å². The average Bonchev–Trinajstić information content (AvgIpc) is 2.39. The minimum Gasteiger partial charge on any atom is -0.282 e. The smallest absolute Gasteiger partial charge is 0.216 e. The van der Waals surface area contributed by atoms with Crippen LogP contribution in [0, 0.1) is 13.8 Å². The molecule has 0 radical (unpaired) electrons. The van der Waals surface area contributed by atoms with Gasteiger partial charge in [0, 0.05) is 11.1 Å². The molecule has 0 N–H and O–H groups in total. The lowest BCUT2D eigenvalue weighted by Crippen LogP contribution is -1.91. The van der Waals surface area contributed by atoms with Gasteiger partial charge in [-0.05, 0) is 25.5 Å². The van der Waals surface area contributed by atoms with E-state index in [4.69, 9.17) is 0 Å². The summed E-state index contributed by atoms with van der Waals surface area (Å²) in [7, 11) is 0. The lowest BCUT2D eigenvalue weighted by atomic mass is 10.1. The summed E-state index contributed by atoms with van der Waals surface area (Å²) in [5.74, 6) is 0. The molecule has 4 heteroatoms. The van der Waals surface area contributed by atoms with Crippen LogP contribution in [-0.2, 0) is 0 Å². The van der Waals surface area contributed by atoms with Crippen LogP contribution in [0.3, 0.4) is 0 Å². The van der Waals surface area contributed by atoms with Gasteiger partial charge >= 0.3 is 0 Å². The van der Waals surface area contributed by atoms with Gasteiger partial charge in [0.15, 0.2) is 0 Å². The van der Waals surface area contributed by atoms with Crippen LogP contribution < -0.4 is 0 Å². The lowest BCUT2D eigenvalue weighted by molar-refractivity contribution is 0.108. The van der Waals surface area contributed by atoms with Gasteiger partial charge in [0.2, 0.25) is 10.2 Å². The monoisotopic (exact) mass is 304 g/mol. The Labute approximate surface area is 130 Å². The molecule has 2 nitrogen and oxygen atoms in total. The second kappa shape index (κ2) is 7.92. The molecule has 0 aliphatic heterocycles. The molecule has 0 saturated heterocycles. The highest BCUT2D eigenvalue weighted by atomic mass is 32.1. The van der Waals surface area contributed by atoms with Crippen LogP contribution in [-0.4, -0.2) is 10.2 Å². The summed E-state index contributed by atoms with van der Waals surface area (Å²) in [6, 6.07) is 14.7. The number of carbonyl (C=O) groups is 2. The van der Waals surface area contributed by atoms with Gasteiger partial charge in [-0.1, -0.05) is 48.0 Å². The number of thiol groups is 2. The highest BCUT2D eigenvalue weighted by Crippen LogP contribution is 2.08. The van der Waals surface area contributed by atoms with E-state index in [-0.39, 0.29) is 10.2 Å². The lowest BCUT2D eigenvalue weighted by Gasteiger charge is -1.97. The first-order valence-corrected chi connectivity index (χ1v) is 6.90. The molecule has 0 bridgehead atoms. The number of rotatable bonds is 2. The Kier molecular flexibility index (Phi) is 6.55. The molecule has 2 aromatic rings. The van der Waals surface area contributed by atoms with E-state index in [1.807, 2.05) is 50.2 Å². The number of benzene rings is 2. The standard InChI is InChI=1S/2C8H8OS/c1-6-3-2-4-7(5-6)8(9)10;1-6-4-2-3-5-7(6)8(9)10/h2*2-5H,1H3,(H,9,10). The van der Waals surface area contributed by atoms with Gasteiger partial charge < -0.3 is 0 Å². The zero-order chi connectivity index (χ0) is 15.1. The van der Waals surface area contributed by atoms with E-state index in [2.05, 4.69) is 25.3 Å². The number of hydrogen-bond donors (Lipinski definition) is 2. The third-order valence-corrected chi connectivity index (χ3v) is 3.14. The third-order valence-electron chi connectivity index (χ3n) is 2.64. The number of carbonyl (C=O) groups excluding carboxylic acids is 2. The predicted octanol–water partition coefficient (Wildman–Crippen LogP) is 4.13. The summed E-state index contributed by atoms with van der Waals surface area (Å²) in [6.07, 6.45) is 0. The normalized spacial score (nSPS) is 9.40. The summed E-state index contributed by atoms with van der Waals surface area (Å²) in [5, 5.41) is -0.346. The van der Waals surface area contributed by atoms with Crippen molar-refractivity contribution >= 4 is 35.5 Å². The van der Waals surface area contributed by atoms with Crippen molar-refractivity contribution in [2.75, 3.05) is 0 Å². The molecule has 0 aliphatic carbocycles. The molecule has 0 spiro atoms. The Balaban J connectivity index is 0.000000200. The molecule has 0 heterocycles. The Morgan fingerprint density at radius 2 is 1.50 bits per heavy atom. The van der Waals surface area contributed by atoms with Gasteiger partial charge in [-0.25, -0.2) is 0 Å². The maximum absolute atomic E-state index is 10.7. The SMILES string of the molecule is Cc1cccc(C(=O)S)c1.Cc1ccccc1C(=O)S. The molecule has 20 heavy (non-hydrogen) atoms. The van der Waals surface area contributed by atoms with Crippen LogP contribution in [0.15, 0.2) is 48.5 Å². The second-order valence-electron chi connectivity index (χ2n) is 4.29. The molecule has 0 aliphatic rings. The van der Waals surface area contributed by atoms with Crippen LogP contribution in [0.5, 0.6) is 0 Å². The van der Waals surface area contributed by atoms with Crippen molar-refractivity contribution in [1.29, 1.82) is 0 Å². The molecule has 0 unspecified atom stereocenters. The predicted molar refractivity (Wildman–Crippen MR) is 89.0 cm³/mol. The first-order chi connectivity index (χ1) is 9.41. The van der Waals surface area contributed by atoms with Crippen molar-refractivity contribution in [3.05, 3.63) is 70.8 Å². The van der Waals surface area contributed by atoms with Crippen LogP contribution in [0.1, 0.15) is 31.8 Å². The second-order valence-corrected chi connectivity index (χ2v) is 5.11. The Morgan fingerprint density at radius 1 is 0.850 bits per heavy atom. The fraction of sp³-hybridized carbons (Fsp3) is 0.125. The van der Waals surface area contributed by atoms with Crippen LogP contribution in [0.25, 0.3) is 0 Å². The summed E-state index contributed by atoms with van der Waals surface area (Å²) < 4.78 is 0. The number of aryl methyl sites for hydroxylation is 2. The van der Waals surface area contributed by atoms with Crippen LogP contribution in [0.2, 0.25) is 0 Å². The molecule has 0 aromatic heterocycles.